The van der Waals surface area contributed by atoms with Gasteiger partial charge in [0.15, 0.2) is 0 Å². The molecule has 0 unspecified atom stereocenters. The zero-order valence-corrected chi connectivity index (χ0v) is 17.4. The molecule has 0 amide bonds. The second kappa shape index (κ2) is 9.71. The molecule has 8 heteroatoms. The molecule has 0 aliphatic carbocycles. The first-order valence-electron chi connectivity index (χ1n) is 9.79. The van der Waals surface area contributed by atoms with E-state index in [1.807, 2.05) is 31.3 Å². The SMILES string of the molecule is CCOC(=O)CN(C)c1ccc(Cn2cccc(-c3ccc([N+](=O)[O-])cc3)c2=O)cc1. The van der Waals surface area contributed by atoms with Crippen LogP contribution in [0.1, 0.15) is 12.5 Å². The van der Waals surface area contributed by atoms with Gasteiger partial charge in [0.1, 0.15) is 6.54 Å². The molecule has 3 aromatic rings. The number of non-ortho nitro benzene ring substituents is 1. The molecule has 0 bridgehead atoms. The molecular weight excluding hydrogens is 398 g/mol. The third-order valence-electron chi connectivity index (χ3n) is 4.81. The highest BCUT2D eigenvalue weighted by Crippen LogP contribution is 2.20. The maximum absolute atomic E-state index is 12.9. The molecule has 0 saturated heterocycles. The largest absolute Gasteiger partial charge is 0.465 e. The van der Waals surface area contributed by atoms with E-state index in [1.54, 1.807) is 46.9 Å². The predicted octanol–water partition coefficient (Wildman–Crippen LogP) is 3.47. The van der Waals surface area contributed by atoms with Gasteiger partial charge < -0.3 is 14.2 Å². The molecule has 1 heterocycles. The van der Waals surface area contributed by atoms with Crippen LogP contribution < -0.4 is 10.5 Å². The standard InChI is InChI=1S/C23H23N3O5/c1-3-31-22(27)16-24(2)19-10-6-17(7-11-19)15-25-14-4-5-21(23(25)28)18-8-12-20(13-9-18)26(29)30/h4-14H,3,15-16H2,1-2H3. The average molecular weight is 421 g/mol. The molecule has 0 saturated carbocycles. The molecule has 0 aliphatic heterocycles. The summed E-state index contributed by atoms with van der Waals surface area (Å²) < 4.78 is 6.56. The number of hydrogen-bond acceptors (Lipinski definition) is 6. The Balaban J connectivity index is 1.76. The number of ether oxygens (including phenoxy) is 1. The van der Waals surface area contributed by atoms with Crippen LogP contribution in [0.2, 0.25) is 0 Å². The van der Waals surface area contributed by atoms with E-state index in [-0.39, 0.29) is 23.8 Å². The minimum Gasteiger partial charge on any atom is -0.465 e. The highest BCUT2D eigenvalue weighted by molar-refractivity contribution is 5.75. The van der Waals surface area contributed by atoms with Gasteiger partial charge in [-0.05, 0) is 54.4 Å². The van der Waals surface area contributed by atoms with Gasteiger partial charge in [0.2, 0.25) is 0 Å². The molecule has 1 aromatic heterocycles. The molecule has 3 rings (SSSR count). The van der Waals surface area contributed by atoms with Crippen LogP contribution >= 0.6 is 0 Å². The van der Waals surface area contributed by atoms with Crippen LogP contribution in [0.15, 0.2) is 71.7 Å². The van der Waals surface area contributed by atoms with Crippen LogP contribution in [0.4, 0.5) is 11.4 Å². The number of nitro groups is 1. The van der Waals surface area contributed by atoms with E-state index in [2.05, 4.69) is 0 Å². The molecule has 0 aliphatic rings. The number of hydrogen-bond donors (Lipinski definition) is 0. The van der Waals surface area contributed by atoms with E-state index in [4.69, 9.17) is 4.74 Å². The van der Waals surface area contributed by atoms with E-state index < -0.39 is 4.92 Å². The van der Waals surface area contributed by atoms with Crippen LogP contribution in [0, 0.1) is 10.1 Å². The highest BCUT2D eigenvalue weighted by atomic mass is 16.6. The number of anilines is 1. The molecule has 0 radical (unpaired) electrons. The number of nitro benzene ring substituents is 1. The molecule has 0 fully saturated rings. The zero-order valence-electron chi connectivity index (χ0n) is 17.4. The van der Waals surface area contributed by atoms with E-state index in [0.717, 1.165) is 11.3 Å². The normalized spacial score (nSPS) is 10.5. The first-order chi connectivity index (χ1) is 14.9. The van der Waals surface area contributed by atoms with Crippen LogP contribution in [0.5, 0.6) is 0 Å². The van der Waals surface area contributed by atoms with Crippen LogP contribution in [-0.2, 0) is 16.1 Å². The summed E-state index contributed by atoms with van der Waals surface area (Å²) in [4.78, 5) is 36.7. The van der Waals surface area contributed by atoms with Crippen molar-refractivity contribution < 1.29 is 14.5 Å². The highest BCUT2D eigenvalue weighted by Gasteiger charge is 2.11. The van der Waals surface area contributed by atoms with Gasteiger partial charge >= 0.3 is 5.97 Å². The smallest absolute Gasteiger partial charge is 0.325 e. The van der Waals surface area contributed by atoms with E-state index >= 15 is 0 Å². The molecule has 31 heavy (non-hydrogen) atoms. The van der Waals surface area contributed by atoms with E-state index in [1.165, 1.54) is 12.1 Å². The van der Waals surface area contributed by atoms with Gasteiger partial charge in [0, 0.05) is 36.6 Å². The van der Waals surface area contributed by atoms with Crippen molar-refractivity contribution in [1.29, 1.82) is 0 Å². The fraction of sp³-hybridized carbons (Fsp3) is 0.217. The fourth-order valence-corrected chi connectivity index (χ4v) is 3.19. The lowest BCUT2D eigenvalue weighted by atomic mass is 10.1. The number of pyridine rings is 1. The summed E-state index contributed by atoms with van der Waals surface area (Å²) in [5.74, 6) is -0.288. The molecule has 0 atom stereocenters. The quantitative estimate of drug-likeness (QED) is 0.314. The van der Waals surface area contributed by atoms with Gasteiger partial charge in [-0.3, -0.25) is 19.7 Å². The summed E-state index contributed by atoms with van der Waals surface area (Å²) in [6.07, 6.45) is 1.71. The van der Waals surface area contributed by atoms with Crippen molar-refractivity contribution in [1.82, 2.24) is 4.57 Å². The Bertz CT molecular complexity index is 1120. The van der Waals surface area contributed by atoms with Gasteiger partial charge in [-0.25, -0.2) is 0 Å². The lowest BCUT2D eigenvalue weighted by Crippen LogP contribution is -2.27. The molecule has 0 N–H and O–H groups in total. The Kier molecular flexibility index (Phi) is 6.81. The molecule has 8 nitrogen and oxygen atoms in total. The number of esters is 1. The second-order valence-corrected chi connectivity index (χ2v) is 6.99. The number of benzene rings is 2. The average Bonchev–Trinajstić information content (AvgIpc) is 2.76. The Morgan fingerprint density at radius 2 is 1.77 bits per heavy atom. The predicted molar refractivity (Wildman–Crippen MR) is 118 cm³/mol. The number of aromatic nitrogens is 1. The molecular formula is C23H23N3O5. The van der Waals surface area contributed by atoms with Crippen molar-refractivity contribution in [3.8, 4) is 11.1 Å². The van der Waals surface area contributed by atoms with Crippen LogP contribution in [-0.4, -0.2) is 35.7 Å². The summed E-state index contributed by atoms with van der Waals surface area (Å²) in [5, 5.41) is 10.8. The topological polar surface area (TPSA) is 94.7 Å². The Labute approximate surface area is 179 Å². The van der Waals surface area contributed by atoms with Gasteiger partial charge in [-0.1, -0.05) is 12.1 Å². The summed E-state index contributed by atoms with van der Waals surface area (Å²) in [6, 6.07) is 17.0. The summed E-state index contributed by atoms with van der Waals surface area (Å²) >= 11 is 0. The summed E-state index contributed by atoms with van der Waals surface area (Å²) in [5.41, 5.74) is 2.69. The molecule has 0 spiro atoms. The Morgan fingerprint density at radius 1 is 1.10 bits per heavy atom. The first kappa shape index (κ1) is 21.8. The van der Waals surface area contributed by atoms with Crippen molar-refractivity contribution in [2.45, 2.75) is 13.5 Å². The number of likely N-dealkylation sites (N-methyl/N-ethyl adjacent to an activating group) is 1. The summed E-state index contributed by atoms with van der Waals surface area (Å²) in [7, 11) is 1.81. The van der Waals surface area contributed by atoms with Crippen LogP contribution in [0.25, 0.3) is 11.1 Å². The van der Waals surface area contributed by atoms with Crippen molar-refractivity contribution in [2.75, 3.05) is 25.1 Å². The van der Waals surface area contributed by atoms with Gasteiger partial charge in [-0.2, -0.15) is 0 Å². The summed E-state index contributed by atoms with van der Waals surface area (Å²) in [6.45, 7) is 2.65. The third-order valence-corrected chi connectivity index (χ3v) is 4.81. The second-order valence-electron chi connectivity index (χ2n) is 6.99. The molecule has 160 valence electrons. The maximum Gasteiger partial charge on any atom is 0.325 e. The monoisotopic (exact) mass is 421 g/mol. The molecule has 2 aromatic carbocycles. The van der Waals surface area contributed by atoms with Crippen molar-refractivity contribution in [2.24, 2.45) is 0 Å². The van der Waals surface area contributed by atoms with Gasteiger partial charge in [-0.15, -0.1) is 0 Å². The van der Waals surface area contributed by atoms with Gasteiger partial charge in [0.05, 0.1) is 18.1 Å². The van der Waals surface area contributed by atoms with Crippen molar-refractivity contribution in [3.63, 3.8) is 0 Å². The minimum absolute atomic E-state index is 0.0204. The van der Waals surface area contributed by atoms with E-state index in [0.29, 0.717) is 24.3 Å². The zero-order chi connectivity index (χ0) is 22.4. The van der Waals surface area contributed by atoms with E-state index in [9.17, 15) is 19.7 Å². The Hall–Kier alpha value is -3.94. The minimum atomic E-state index is -0.471. The third kappa shape index (κ3) is 5.36. The van der Waals surface area contributed by atoms with Crippen molar-refractivity contribution in [3.05, 3.63) is 92.9 Å². The number of carbonyl (C=O) groups is 1. The van der Waals surface area contributed by atoms with Crippen LogP contribution in [0.3, 0.4) is 0 Å². The lowest BCUT2D eigenvalue weighted by molar-refractivity contribution is -0.384. The van der Waals surface area contributed by atoms with Crippen molar-refractivity contribution >= 4 is 17.3 Å². The Morgan fingerprint density at radius 3 is 2.39 bits per heavy atom. The fourth-order valence-electron chi connectivity index (χ4n) is 3.19. The first-order valence-corrected chi connectivity index (χ1v) is 9.79. The number of rotatable bonds is 8. The lowest BCUT2D eigenvalue weighted by Gasteiger charge is -2.18. The van der Waals surface area contributed by atoms with Gasteiger partial charge in [0.25, 0.3) is 11.2 Å². The number of carbonyl (C=O) groups excluding carboxylic acids is 1. The maximum atomic E-state index is 12.9. The number of nitrogens with zero attached hydrogens (tertiary/aromatic N) is 3.